The van der Waals surface area contributed by atoms with E-state index in [0.717, 1.165) is 12.8 Å². The van der Waals surface area contributed by atoms with Gasteiger partial charge in [0, 0.05) is 6.61 Å². The van der Waals surface area contributed by atoms with E-state index in [2.05, 4.69) is 9.97 Å². The van der Waals surface area contributed by atoms with Crippen molar-refractivity contribution in [3.05, 3.63) is 22.4 Å². The summed E-state index contributed by atoms with van der Waals surface area (Å²) in [5.74, 6) is 0.564. The van der Waals surface area contributed by atoms with Gasteiger partial charge in [-0.2, -0.15) is 0 Å². The molecule has 1 unspecified atom stereocenters. The standard InChI is InChI=1S/C9H13N3O2/c1-9(3-2-4-14-9)8-11-5-6(10)7(13)12-8/h5H,2-4,10H2,1H3,(H,11,12,13). The van der Waals surface area contributed by atoms with Crippen LogP contribution < -0.4 is 11.3 Å². The molecular weight excluding hydrogens is 182 g/mol. The second kappa shape index (κ2) is 3.09. The third kappa shape index (κ3) is 1.39. The molecule has 0 aromatic carbocycles. The van der Waals surface area contributed by atoms with Gasteiger partial charge in [-0.25, -0.2) is 4.98 Å². The van der Waals surface area contributed by atoms with E-state index in [1.54, 1.807) is 0 Å². The highest BCUT2D eigenvalue weighted by atomic mass is 16.5. The van der Waals surface area contributed by atoms with Gasteiger partial charge in [0.2, 0.25) is 0 Å². The van der Waals surface area contributed by atoms with Crippen molar-refractivity contribution in [2.24, 2.45) is 0 Å². The van der Waals surface area contributed by atoms with E-state index in [4.69, 9.17) is 10.5 Å². The van der Waals surface area contributed by atoms with Gasteiger partial charge in [-0.15, -0.1) is 0 Å². The summed E-state index contributed by atoms with van der Waals surface area (Å²) < 4.78 is 5.55. The van der Waals surface area contributed by atoms with Crippen LogP contribution in [0.2, 0.25) is 0 Å². The lowest BCUT2D eigenvalue weighted by molar-refractivity contribution is 0.00917. The molecule has 1 aromatic rings. The summed E-state index contributed by atoms with van der Waals surface area (Å²) in [5.41, 5.74) is 4.77. The van der Waals surface area contributed by atoms with Gasteiger partial charge in [-0.05, 0) is 19.8 Å². The molecule has 0 aliphatic carbocycles. The number of nitrogens with one attached hydrogen (secondary N) is 1. The second-order valence-corrected chi connectivity index (χ2v) is 3.70. The monoisotopic (exact) mass is 195 g/mol. The Hall–Kier alpha value is -1.36. The van der Waals surface area contributed by atoms with E-state index in [9.17, 15) is 4.79 Å². The number of nitrogens with two attached hydrogens (primary N) is 1. The first-order chi connectivity index (χ1) is 6.62. The normalized spacial score (nSPS) is 26.6. The third-order valence-electron chi connectivity index (χ3n) is 2.55. The van der Waals surface area contributed by atoms with E-state index in [1.807, 2.05) is 6.92 Å². The van der Waals surface area contributed by atoms with Gasteiger partial charge in [-0.3, -0.25) is 4.79 Å². The fourth-order valence-corrected chi connectivity index (χ4v) is 1.64. The summed E-state index contributed by atoms with van der Waals surface area (Å²) in [6.07, 6.45) is 3.24. The van der Waals surface area contributed by atoms with Crippen LogP contribution in [0.3, 0.4) is 0 Å². The zero-order valence-corrected chi connectivity index (χ0v) is 8.04. The maximum absolute atomic E-state index is 11.3. The highest BCUT2D eigenvalue weighted by molar-refractivity contribution is 5.31. The molecule has 3 N–H and O–H groups in total. The van der Waals surface area contributed by atoms with Gasteiger partial charge in [-0.1, -0.05) is 0 Å². The van der Waals surface area contributed by atoms with Crippen LogP contribution in [0.15, 0.2) is 11.0 Å². The smallest absolute Gasteiger partial charge is 0.274 e. The number of hydrogen-bond donors (Lipinski definition) is 2. The number of aromatic nitrogens is 2. The van der Waals surface area contributed by atoms with Crippen LogP contribution in [0.5, 0.6) is 0 Å². The molecule has 1 aromatic heterocycles. The summed E-state index contributed by atoms with van der Waals surface area (Å²) >= 11 is 0. The quantitative estimate of drug-likeness (QED) is 0.678. The number of H-pyrrole nitrogens is 1. The Morgan fingerprint density at radius 2 is 2.50 bits per heavy atom. The Morgan fingerprint density at radius 3 is 3.07 bits per heavy atom. The highest BCUT2D eigenvalue weighted by Gasteiger charge is 2.34. The maximum atomic E-state index is 11.3. The Balaban J connectivity index is 2.41. The van der Waals surface area contributed by atoms with E-state index in [-0.39, 0.29) is 11.2 Å². The maximum Gasteiger partial charge on any atom is 0.274 e. The van der Waals surface area contributed by atoms with Crippen molar-refractivity contribution in [1.82, 2.24) is 9.97 Å². The predicted molar refractivity (Wildman–Crippen MR) is 51.8 cm³/mol. The molecule has 2 rings (SSSR count). The minimum atomic E-state index is -0.452. The molecule has 0 amide bonds. The summed E-state index contributed by atoms with van der Waals surface area (Å²) in [6, 6.07) is 0. The molecular formula is C9H13N3O2. The predicted octanol–water partition coefficient (Wildman–Crippen LogP) is 0.378. The Morgan fingerprint density at radius 1 is 1.71 bits per heavy atom. The van der Waals surface area contributed by atoms with Gasteiger partial charge in [0.1, 0.15) is 17.1 Å². The van der Waals surface area contributed by atoms with Gasteiger partial charge in [0.25, 0.3) is 5.56 Å². The van der Waals surface area contributed by atoms with Crippen LogP contribution in [0.1, 0.15) is 25.6 Å². The van der Waals surface area contributed by atoms with Crippen molar-refractivity contribution in [2.45, 2.75) is 25.4 Å². The van der Waals surface area contributed by atoms with Crippen molar-refractivity contribution in [3.8, 4) is 0 Å². The molecule has 1 atom stereocenters. The summed E-state index contributed by atoms with van der Waals surface area (Å²) in [4.78, 5) is 18.0. The average Bonchev–Trinajstić information content (AvgIpc) is 2.58. The average molecular weight is 195 g/mol. The van der Waals surface area contributed by atoms with Crippen molar-refractivity contribution in [1.29, 1.82) is 0 Å². The summed E-state index contributed by atoms with van der Waals surface area (Å²) in [6.45, 7) is 2.64. The van der Waals surface area contributed by atoms with E-state index in [0.29, 0.717) is 12.4 Å². The molecule has 0 spiro atoms. The number of nitrogen functional groups attached to an aromatic ring is 1. The second-order valence-electron chi connectivity index (χ2n) is 3.70. The lowest BCUT2D eigenvalue weighted by atomic mass is 10.0. The molecule has 14 heavy (non-hydrogen) atoms. The molecule has 1 saturated heterocycles. The number of anilines is 1. The van der Waals surface area contributed by atoms with Crippen LogP contribution in [-0.2, 0) is 10.3 Å². The lowest BCUT2D eigenvalue weighted by Gasteiger charge is -2.21. The Labute approximate surface area is 81.3 Å². The summed E-state index contributed by atoms with van der Waals surface area (Å²) in [7, 11) is 0. The zero-order chi connectivity index (χ0) is 10.2. The molecule has 1 fully saturated rings. The van der Waals surface area contributed by atoms with Crippen LogP contribution in [0.25, 0.3) is 0 Å². The third-order valence-corrected chi connectivity index (χ3v) is 2.55. The molecule has 0 saturated carbocycles. The first-order valence-electron chi connectivity index (χ1n) is 4.61. The largest absolute Gasteiger partial charge is 0.393 e. The van der Waals surface area contributed by atoms with Crippen molar-refractivity contribution in [3.63, 3.8) is 0 Å². The van der Waals surface area contributed by atoms with Crippen LogP contribution in [0.4, 0.5) is 5.69 Å². The minimum Gasteiger partial charge on any atom is -0.393 e. The zero-order valence-electron chi connectivity index (χ0n) is 8.04. The van der Waals surface area contributed by atoms with E-state index >= 15 is 0 Å². The number of hydrogen-bond acceptors (Lipinski definition) is 4. The van der Waals surface area contributed by atoms with Gasteiger partial charge in [0.15, 0.2) is 0 Å². The topological polar surface area (TPSA) is 81.0 Å². The lowest BCUT2D eigenvalue weighted by Crippen LogP contribution is -2.27. The molecule has 1 aliphatic rings. The molecule has 76 valence electrons. The van der Waals surface area contributed by atoms with Crippen molar-refractivity contribution >= 4 is 5.69 Å². The fourth-order valence-electron chi connectivity index (χ4n) is 1.64. The molecule has 2 heterocycles. The molecule has 0 radical (unpaired) electrons. The molecule has 5 heteroatoms. The first kappa shape index (κ1) is 9.21. The fraction of sp³-hybridized carbons (Fsp3) is 0.556. The molecule has 1 aliphatic heterocycles. The number of nitrogens with zero attached hydrogens (tertiary/aromatic N) is 1. The van der Waals surface area contributed by atoms with Gasteiger partial charge in [0.05, 0.1) is 6.20 Å². The van der Waals surface area contributed by atoms with Crippen molar-refractivity contribution < 1.29 is 4.74 Å². The number of rotatable bonds is 1. The minimum absolute atomic E-state index is 0.135. The van der Waals surface area contributed by atoms with E-state index < -0.39 is 5.60 Å². The summed E-state index contributed by atoms with van der Waals surface area (Å²) in [5, 5.41) is 0. The molecule has 0 bridgehead atoms. The highest BCUT2D eigenvalue weighted by Crippen LogP contribution is 2.32. The van der Waals surface area contributed by atoms with E-state index in [1.165, 1.54) is 6.20 Å². The SMILES string of the molecule is CC1(c2ncc(N)c(=O)[nH]2)CCCO1. The van der Waals surface area contributed by atoms with Crippen LogP contribution in [-0.4, -0.2) is 16.6 Å². The van der Waals surface area contributed by atoms with Crippen LogP contribution >= 0.6 is 0 Å². The van der Waals surface area contributed by atoms with Gasteiger partial charge < -0.3 is 15.5 Å². The number of ether oxygens (including phenoxy) is 1. The van der Waals surface area contributed by atoms with Gasteiger partial charge >= 0.3 is 0 Å². The van der Waals surface area contributed by atoms with Crippen LogP contribution in [0, 0.1) is 0 Å². The molecule has 5 nitrogen and oxygen atoms in total. The van der Waals surface area contributed by atoms with Crippen molar-refractivity contribution in [2.75, 3.05) is 12.3 Å². The Kier molecular flexibility index (Phi) is 2.03. The number of aromatic amines is 1. The first-order valence-corrected chi connectivity index (χ1v) is 4.61. The Bertz CT molecular complexity index is 393.